The normalized spacial score (nSPS) is 8.31. The van der Waals surface area contributed by atoms with Crippen molar-refractivity contribution in [3.63, 3.8) is 0 Å². The van der Waals surface area contributed by atoms with Crippen LogP contribution in [0.15, 0.2) is 41.7 Å². The van der Waals surface area contributed by atoms with Gasteiger partial charge in [-0.15, -0.1) is 0 Å². The van der Waals surface area contributed by atoms with Gasteiger partial charge in [0.1, 0.15) is 0 Å². The lowest BCUT2D eigenvalue weighted by molar-refractivity contribution is 0.469. The van der Waals surface area contributed by atoms with Crippen molar-refractivity contribution in [2.45, 2.75) is 0 Å². The molecule has 2 heteroatoms. The van der Waals surface area contributed by atoms with Crippen LogP contribution < -0.4 is 5.43 Å². The highest BCUT2D eigenvalue weighted by molar-refractivity contribution is 5.45. The van der Waals surface area contributed by atoms with Crippen molar-refractivity contribution in [3.8, 4) is 17.6 Å². The topological polar surface area (TPSA) is 37.3 Å². The van der Waals surface area contributed by atoms with E-state index in [4.69, 9.17) is 0 Å². The maximum Gasteiger partial charge on any atom is 0.221 e. The van der Waals surface area contributed by atoms with Gasteiger partial charge in [-0.1, -0.05) is 30.6 Å². The largest absolute Gasteiger partial charge is 0.503 e. The van der Waals surface area contributed by atoms with Crippen LogP contribution in [0.2, 0.25) is 0 Å². The number of aromatic hydroxyl groups is 1. The van der Waals surface area contributed by atoms with E-state index in [-0.39, 0.29) is 5.75 Å². The molecule has 13 heavy (non-hydrogen) atoms. The van der Waals surface area contributed by atoms with Gasteiger partial charge in [0.15, 0.2) is 5.75 Å². The first-order valence-corrected chi connectivity index (χ1v) is 3.70. The van der Waals surface area contributed by atoms with Gasteiger partial charge in [0.05, 0.1) is 5.56 Å². The molecule has 0 spiro atoms. The van der Waals surface area contributed by atoms with E-state index in [9.17, 15) is 9.90 Å². The highest BCUT2D eigenvalue weighted by Crippen LogP contribution is 2.06. The molecule has 1 aromatic carbocycles. The molecule has 0 unspecified atom stereocenters. The Labute approximate surface area is 76.2 Å². The van der Waals surface area contributed by atoms with Gasteiger partial charge in [-0.2, -0.15) is 0 Å². The molecule has 0 saturated heterocycles. The molecule has 1 N–H and O–H groups in total. The fourth-order valence-corrected chi connectivity index (χ4v) is 0.815. The van der Waals surface area contributed by atoms with E-state index in [2.05, 4.69) is 18.4 Å². The van der Waals surface area contributed by atoms with Crippen LogP contribution in [-0.4, -0.2) is 5.11 Å². The van der Waals surface area contributed by atoms with E-state index in [0.717, 1.165) is 0 Å². The van der Waals surface area contributed by atoms with Gasteiger partial charge < -0.3 is 5.11 Å². The van der Waals surface area contributed by atoms with Crippen LogP contribution in [0.5, 0.6) is 5.75 Å². The molecule has 0 bridgehead atoms. The van der Waals surface area contributed by atoms with Crippen molar-refractivity contribution >= 4 is 0 Å². The Kier molecular flexibility index (Phi) is 2.88. The van der Waals surface area contributed by atoms with Gasteiger partial charge >= 0.3 is 0 Å². The molecular weight excluding hydrogens is 164 g/mol. The Morgan fingerprint density at radius 3 is 2.77 bits per heavy atom. The van der Waals surface area contributed by atoms with Crippen LogP contribution in [0.1, 0.15) is 5.56 Å². The molecular formula is C11H8O2. The Hall–Kier alpha value is -2.01. The van der Waals surface area contributed by atoms with Crippen LogP contribution in [0.4, 0.5) is 0 Å². The molecule has 0 aromatic heterocycles. The fraction of sp³-hybridized carbons (Fsp3) is 0. The van der Waals surface area contributed by atoms with Gasteiger partial charge in [0, 0.05) is 0 Å². The summed E-state index contributed by atoms with van der Waals surface area (Å²) >= 11 is 0. The molecule has 1 aromatic rings. The van der Waals surface area contributed by atoms with Crippen LogP contribution in [0.25, 0.3) is 0 Å². The number of hydrogen-bond donors (Lipinski definition) is 1. The minimum absolute atomic E-state index is 0.315. The van der Waals surface area contributed by atoms with Gasteiger partial charge in [-0.05, 0) is 18.2 Å². The highest BCUT2D eigenvalue weighted by Gasteiger charge is 1.97. The standard InChI is InChI=1S/C11H8O2/c1-2-3-6-9-7-4-5-8-10(12)11(9)13/h2,4-5,7-8H,1H2,(H,12,13). The second-order valence-electron chi connectivity index (χ2n) is 2.32. The quantitative estimate of drug-likeness (QED) is 0.599. The number of allylic oxidation sites excluding steroid dienone is 1. The van der Waals surface area contributed by atoms with Crippen molar-refractivity contribution in [2.75, 3.05) is 0 Å². The average Bonchev–Trinajstić information content (AvgIpc) is 2.28. The molecule has 0 radical (unpaired) electrons. The third kappa shape index (κ3) is 2.21. The summed E-state index contributed by atoms with van der Waals surface area (Å²) in [6.45, 7) is 3.41. The van der Waals surface area contributed by atoms with Gasteiger partial charge in [-0.3, -0.25) is 4.79 Å². The van der Waals surface area contributed by atoms with Crippen molar-refractivity contribution in [1.29, 1.82) is 0 Å². The maximum atomic E-state index is 11.1. The van der Waals surface area contributed by atoms with Crippen molar-refractivity contribution in [2.24, 2.45) is 0 Å². The lowest BCUT2D eigenvalue weighted by Crippen LogP contribution is -1.94. The molecule has 0 heterocycles. The zero-order valence-electron chi connectivity index (χ0n) is 6.95. The third-order valence-electron chi connectivity index (χ3n) is 1.42. The molecule has 0 amide bonds. The van der Waals surface area contributed by atoms with E-state index < -0.39 is 5.43 Å². The molecule has 0 saturated carbocycles. The Bertz CT molecular complexity index is 436. The smallest absolute Gasteiger partial charge is 0.221 e. The molecule has 1 rings (SSSR count). The second kappa shape index (κ2) is 4.13. The zero-order chi connectivity index (χ0) is 9.68. The summed E-state index contributed by atoms with van der Waals surface area (Å²) < 4.78 is 0. The summed E-state index contributed by atoms with van der Waals surface area (Å²) in [6.07, 6.45) is 1.40. The van der Waals surface area contributed by atoms with Crippen molar-refractivity contribution < 1.29 is 5.11 Å². The number of hydrogen-bond acceptors (Lipinski definition) is 2. The summed E-state index contributed by atoms with van der Waals surface area (Å²) in [5, 5.41) is 9.33. The molecule has 2 nitrogen and oxygen atoms in total. The molecule has 0 atom stereocenters. The van der Waals surface area contributed by atoms with Crippen molar-refractivity contribution in [1.82, 2.24) is 0 Å². The van der Waals surface area contributed by atoms with Gasteiger partial charge in [0.2, 0.25) is 5.43 Å². The molecule has 0 fully saturated rings. The maximum absolute atomic E-state index is 11.1. The Morgan fingerprint density at radius 1 is 1.38 bits per heavy atom. The first-order valence-electron chi connectivity index (χ1n) is 3.70. The monoisotopic (exact) mass is 172 g/mol. The van der Waals surface area contributed by atoms with E-state index in [1.54, 1.807) is 18.2 Å². The van der Waals surface area contributed by atoms with Crippen LogP contribution in [-0.2, 0) is 0 Å². The van der Waals surface area contributed by atoms with E-state index in [1.165, 1.54) is 12.1 Å². The lowest BCUT2D eigenvalue weighted by Gasteiger charge is -1.86. The summed E-state index contributed by atoms with van der Waals surface area (Å²) in [5.74, 6) is 4.85. The average molecular weight is 172 g/mol. The third-order valence-corrected chi connectivity index (χ3v) is 1.42. The summed E-state index contributed by atoms with van der Waals surface area (Å²) in [6, 6.07) is 6.07. The minimum atomic E-state index is -0.432. The first-order chi connectivity index (χ1) is 6.25. The van der Waals surface area contributed by atoms with Crippen LogP contribution in [0, 0.1) is 11.8 Å². The first kappa shape index (κ1) is 9.08. The lowest BCUT2D eigenvalue weighted by atomic mass is 10.2. The summed E-state index contributed by atoms with van der Waals surface area (Å²) in [7, 11) is 0. The number of rotatable bonds is 0. The van der Waals surface area contributed by atoms with Crippen LogP contribution >= 0.6 is 0 Å². The zero-order valence-corrected chi connectivity index (χ0v) is 6.95. The fourth-order valence-electron chi connectivity index (χ4n) is 0.815. The van der Waals surface area contributed by atoms with Crippen molar-refractivity contribution in [3.05, 3.63) is 52.7 Å². The second-order valence-corrected chi connectivity index (χ2v) is 2.32. The van der Waals surface area contributed by atoms with E-state index >= 15 is 0 Å². The predicted molar refractivity (Wildman–Crippen MR) is 51.5 cm³/mol. The van der Waals surface area contributed by atoms with Crippen LogP contribution in [0.3, 0.4) is 0 Å². The SMILES string of the molecule is C=CC#Cc1ccccc(=O)c1O. The molecule has 64 valence electrons. The molecule has 0 aliphatic heterocycles. The van der Waals surface area contributed by atoms with E-state index in [0.29, 0.717) is 5.56 Å². The molecule has 0 aliphatic rings. The molecule has 0 aliphatic carbocycles. The highest BCUT2D eigenvalue weighted by atomic mass is 16.3. The summed E-state index contributed by atoms with van der Waals surface area (Å²) in [5.41, 5.74) is -0.117. The predicted octanol–water partition coefficient (Wildman–Crippen LogP) is 1.29. The van der Waals surface area contributed by atoms with Gasteiger partial charge in [-0.25, -0.2) is 0 Å². The summed E-state index contributed by atoms with van der Waals surface area (Å²) in [4.78, 5) is 11.1. The Morgan fingerprint density at radius 2 is 2.08 bits per heavy atom. The van der Waals surface area contributed by atoms with Gasteiger partial charge in [0.25, 0.3) is 0 Å². The minimum Gasteiger partial charge on any atom is -0.503 e. The Balaban J connectivity index is 3.40. The van der Waals surface area contributed by atoms with E-state index in [1.807, 2.05) is 0 Å².